The molecule has 0 aliphatic rings. The van der Waals surface area contributed by atoms with E-state index in [1.54, 1.807) is 0 Å². The molecular weight excluding hydrogens is 262 g/mol. The second-order valence-electron chi connectivity index (χ2n) is 6.79. The van der Waals surface area contributed by atoms with Gasteiger partial charge in [-0.3, -0.25) is 4.79 Å². The Hall–Kier alpha value is -1.55. The number of anilines is 1. The fourth-order valence-electron chi connectivity index (χ4n) is 2.37. The first-order valence-corrected chi connectivity index (χ1v) is 7.55. The maximum absolute atomic E-state index is 12.4. The second-order valence-corrected chi connectivity index (χ2v) is 6.79. The molecule has 1 rings (SSSR count). The van der Waals surface area contributed by atoms with Crippen LogP contribution >= 0.6 is 0 Å². The van der Waals surface area contributed by atoms with Gasteiger partial charge in [-0.2, -0.15) is 0 Å². The summed E-state index contributed by atoms with van der Waals surface area (Å²) in [4.78, 5) is 14.6. The number of nitrogens with two attached hydrogens (primary N) is 1. The summed E-state index contributed by atoms with van der Waals surface area (Å²) < 4.78 is 0. The summed E-state index contributed by atoms with van der Waals surface area (Å²) in [6, 6.07) is 8.09. The highest BCUT2D eigenvalue weighted by Crippen LogP contribution is 2.21. The van der Waals surface area contributed by atoms with Crippen LogP contribution in [0.3, 0.4) is 0 Å². The van der Waals surface area contributed by atoms with Crippen molar-refractivity contribution >= 4 is 11.6 Å². The van der Waals surface area contributed by atoms with Crippen molar-refractivity contribution in [1.82, 2.24) is 5.32 Å². The summed E-state index contributed by atoms with van der Waals surface area (Å²) in [6.07, 6.45) is 0. The van der Waals surface area contributed by atoms with Gasteiger partial charge in [0.05, 0.1) is 0 Å². The molecule has 1 atom stereocenters. The molecule has 0 heterocycles. The first kappa shape index (κ1) is 17.5. The molecule has 4 heteroatoms. The largest absolute Gasteiger partial charge is 0.357 e. The molecule has 1 aromatic rings. The zero-order valence-corrected chi connectivity index (χ0v) is 14.1. The van der Waals surface area contributed by atoms with Gasteiger partial charge >= 0.3 is 0 Å². The van der Waals surface area contributed by atoms with Gasteiger partial charge in [0.2, 0.25) is 5.91 Å². The van der Waals surface area contributed by atoms with Crippen molar-refractivity contribution in [3.63, 3.8) is 0 Å². The maximum atomic E-state index is 12.4. The summed E-state index contributed by atoms with van der Waals surface area (Å²) in [6.45, 7) is 12.6. The van der Waals surface area contributed by atoms with Crippen LogP contribution in [0, 0.1) is 0 Å². The Labute approximate surface area is 128 Å². The van der Waals surface area contributed by atoms with Gasteiger partial charge < -0.3 is 16.0 Å². The first-order valence-electron chi connectivity index (χ1n) is 7.55. The predicted molar refractivity (Wildman–Crippen MR) is 89.3 cm³/mol. The van der Waals surface area contributed by atoms with E-state index in [1.165, 1.54) is 0 Å². The van der Waals surface area contributed by atoms with Crippen LogP contribution in [0.4, 0.5) is 5.69 Å². The van der Waals surface area contributed by atoms with E-state index >= 15 is 0 Å². The van der Waals surface area contributed by atoms with Gasteiger partial charge in [-0.25, -0.2) is 0 Å². The molecule has 0 aliphatic carbocycles. The van der Waals surface area contributed by atoms with Gasteiger partial charge in [0.1, 0.15) is 6.04 Å². The minimum atomic E-state index is -0.229. The standard InChI is InChI=1S/C17H29N3O/c1-12(2)20(13(3)16(21)19-17(4,5)6)15-9-7-14(11-18)8-10-15/h7-10,12-13H,11,18H2,1-6H3,(H,19,21). The summed E-state index contributed by atoms with van der Waals surface area (Å²) in [7, 11) is 0. The number of rotatable bonds is 5. The highest BCUT2D eigenvalue weighted by Gasteiger charge is 2.26. The number of nitrogens with one attached hydrogen (secondary N) is 1. The van der Waals surface area contributed by atoms with Gasteiger partial charge in [-0.05, 0) is 59.2 Å². The van der Waals surface area contributed by atoms with Crippen molar-refractivity contribution in [3.8, 4) is 0 Å². The van der Waals surface area contributed by atoms with Crippen LogP contribution in [-0.2, 0) is 11.3 Å². The monoisotopic (exact) mass is 291 g/mol. The second kappa shape index (κ2) is 6.94. The third-order valence-electron chi connectivity index (χ3n) is 3.32. The van der Waals surface area contributed by atoms with Crippen molar-refractivity contribution in [1.29, 1.82) is 0 Å². The van der Waals surface area contributed by atoms with E-state index in [2.05, 4.69) is 24.1 Å². The minimum Gasteiger partial charge on any atom is -0.357 e. The van der Waals surface area contributed by atoms with Gasteiger partial charge in [-0.15, -0.1) is 0 Å². The zero-order valence-electron chi connectivity index (χ0n) is 14.1. The molecule has 0 bridgehead atoms. The first-order chi connectivity index (χ1) is 9.65. The van der Waals surface area contributed by atoms with Crippen LogP contribution < -0.4 is 16.0 Å². The maximum Gasteiger partial charge on any atom is 0.242 e. The average molecular weight is 291 g/mol. The van der Waals surface area contributed by atoms with Crippen molar-refractivity contribution in [2.24, 2.45) is 5.73 Å². The summed E-state index contributed by atoms with van der Waals surface area (Å²) in [5, 5.41) is 3.05. The molecule has 0 fully saturated rings. The number of carbonyl (C=O) groups excluding carboxylic acids is 1. The van der Waals surface area contributed by atoms with E-state index in [9.17, 15) is 4.79 Å². The normalized spacial score (nSPS) is 13.1. The van der Waals surface area contributed by atoms with Crippen molar-refractivity contribution < 1.29 is 4.79 Å². The number of hydrogen-bond acceptors (Lipinski definition) is 3. The Bertz CT molecular complexity index is 460. The van der Waals surface area contributed by atoms with E-state index < -0.39 is 0 Å². The summed E-state index contributed by atoms with van der Waals surface area (Å²) >= 11 is 0. The Morgan fingerprint density at radius 3 is 2.10 bits per heavy atom. The van der Waals surface area contributed by atoms with E-state index in [4.69, 9.17) is 5.73 Å². The smallest absolute Gasteiger partial charge is 0.242 e. The lowest BCUT2D eigenvalue weighted by atomic mass is 10.1. The third-order valence-corrected chi connectivity index (χ3v) is 3.32. The number of amides is 1. The SMILES string of the molecule is CC(C)N(c1ccc(CN)cc1)C(C)C(=O)NC(C)(C)C. The minimum absolute atomic E-state index is 0.0408. The topological polar surface area (TPSA) is 58.4 Å². The molecule has 21 heavy (non-hydrogen) atoms. The van der Waals surface area contributed by atoms with Crippen LogP contribution in [0.2, 0.25) is 0 Å². The Morgan fingerprint density at radius 1 is 1.19 bits per heavy atom. The highest BCUT2D eigenvalue weighted by molar-refractivity contribution is 5.85. The van der Waals surface area contributed by atoms with Crippen LogP contribution in [0.15, 0.2) is 24.3 Å². The zero-order chi connectivity index (χ0) is 16.2. The molecule has 1 unspecified atom stereocenters. The molecule has 0 saturated heterocycles. The Balaban J connectivity index is 2.97. The van der Waals surface area contributed by atoms with Crippen LogP contribution in [0.25, 0.3) is 0 Å². The number of nitrogens with zero attached hydrogens (tertiary/aromatic N) is 1. The van der Waals surface area contributed by atoms with Crippen LogP contribution in [0.5, 0.6) is 0 Å². The molecule has 0 spiro atoms. The molecule has 1 amide bonds. The molecule has 0 radical (unpaired) electrons. The lowest BCUT2D eigenvalue weighted by Gasteiger charge is -2.36. The molecule has 0 aliphatic heterocycles. The van der Waals surface area contributed by atoms with Crippen molar-refractivity contribution in [3.05, 3.63) is 29.8 Å². The molecule has 3 N–H and O–H groups in total. The molecule has 118 valence electrons. The van der Waals surface area contributed by atoms with Crippen molar-refractivity contribution in [2.75, 3.05) is 4.90 Å². The fourth-order valence-corrected chi connectivity index (χ4v) is 2.37. The fraction of sp³-hybridized carbons (Fsp3) is 0.588. The van der Waals surface area contributed by atoms with Gasteiger partial charge in [0, 0.05) is 23.8 Å². The van der Waals surface area contributed by atoms with Gasteiger partial charge in [0.25, 0.3) is 0 Å². The van der Waals surface area contributed by atoms with Gasteiger partial charge in [0.15, 0.2) is 0 Å². The van der Waals surface area contributed by atoms with Crippen LogP contribution in [-0.4, -0.2) is 23.5 Å². The Kier molecular flexibility index (Phi) is 5.78. The number of hydrogen-bond donors (Lipinski definition) is 2. The summed E-state index contributed by atoms with van der Waals surface area (Å²) in [5.74, 6) is 0.0408. The lowest BCUT2D eigenvalue weighted by Crippen LogP contribution is -2.53. The van der Waals surface area contributed by atoms with E-state index in [0.29, 0.717) is 6.54 Å². The van der Waals surface area contributed by atoms with Crippen LogP contribution in [0.1, 0.15) is 47.1 Å². The quantitative estimate of drug-likeness (QED) is 0.877. The molecule has 0 saturated carbocycles. The highest BCUT2D eigenvalue weighted by atomic mass is 16.2. The molecule has 0 aromatic heterocycles. The van der Waals surface area contributed by atoms with E-state index in [1.807, 2.05) is 52.0 Å². The van der Waals surface area contributed by atoms with E-state index in [-0.39, 0.29) is 23.5 Å². The number of benzene rings is 1. The molecular formula is C17H29N3O. The summed E-state index contributed by atoms with van der Waals surface area (Å²) in [5.41, 5.74) is 7.54. The average Bonchev–Trinajstić information content (AvgIpc) is 2.37. The Morgan fingerprint density at radius 2 is 1.71 bits per heavy atom. The molecule has 4 nitrogen and oxygen atoms in total. The van der Waals surface area contributed by atoms with Crippen molar-refractivity contribution in [2.45, 2.75) is 65.7 Å². The predicted octanol–water partition coefficient (Wildman–Crippen LogP) is 2.66. The number of carbonyl (C=O) groups is 1. The molecule has 1 aromatic carbocycles. The van der Waals surface area contributed by atoms with Gasteiger partial charge in [-0.1, -0.05) is 12.1 Å². The lowest BCUT2D eigenvalue weighted by molar-refractivity contribution is -0.123. The third kappa shape index (κ3) is 5.05. The van der Waals surface area contributed by atoms with E-state index in [0.717, 1.165) is 11.3 Å².